The van der Waals surface area contributed by atoms with Crippen molar-refractivity contribution in [1.82, 2.24) is 0 Å². The number of hydrogen-bond acceptors (Lipinski definition) is 4. The van der Waals surface area contributed by atoms with Gasteiger partial charge >= 0.3 is 5.88 Å². The third kappa shape index (κ3) is 1.41. The smallest absolute Gasteiger partial charge is 0.476 e. The molecule has 0 N–H and O–H groups in total. The standard InChI is InChI=1S/C13H9NO4/c1-17-12-10-6-8-4-2-3-5-9(8)7-11(10)18-13(12)14(15)16/h2-7H,1H3. The van der Waals surface area contributed by atoms with Crippen molar-refractivity contribution in [3.63, 3.8) is 0 Å². The molecule has 18 heavy (non-hydrogen) atoms. The van der Waals surface area contributed by atoms with Gasteiger partial charge in [0.1, 0.15) is 10.5 Å². The van der Waals surface area contributed by atoms with Gasteiger partial charge in [0.25, 0.3) is 0 Å². The summed E-state index contributed by atoms with van der Waals surface area (Å²) in [6.45, 7) is 0. The van der Waals surface area contributed by atoms with E-state index in [0.29, 0.717) is 11.0 Å². The number of nitro groups is 1. The van der Waals surface area contributed by atoms with Crippen LogP contribution in [0.5, 0.6) is 5.75 Å². The van der Waals surface area contributed by atoms with Crippen molar-refractivity contribution in [1.29, 1.82) is 0 Å². The minimum Gasteiger partial charge on any atom is -0.487 e. The van der Waals surface area contributed by atoms with Gasteiger partial charge in [0, 0.05) is 0 Å². The van der Waals surface area contributed by atoms with Gasteiger partial charge in [-0.05, 0) is 22.9 Å². The predicted octanol–water partition coefficient (Wildman–Crippen LogP) is 3.50. The Labute approximate surface area is 102 Å². The second kappa shape index (κ2) is 3.73. The first-order valence-electron chi connectivity index (χ1n) is 5.34. The van der Waals surface area contributed by atoms with Crippen molar-refractivity contribution >= 4 is 27.6 Å². The molecule has 0 amide bonds. The number of nitrogens with zero attached hydrogens (tertiary/aromatic N) is 1. The quantitative estimate of drug-likeness (QED) is 0.510. The SMILES string of the molecule is COc1c([N+](=O)[O-])oc2cc3ccccc3cc12. The number of hydrogen-bond donors (Lipinski definition) is 0. The average molecular weight is 243 g/mol. The van der Waals surface area contributed by atoms with Crippen LogP contribution in [0, 0.1) is 10.1 Å². The lowest BCUT2D eigenvalue weighted by atomic mass is 10.1. The van der Waals surface area contributed by atoms with Crippen molar-refractivity contribution in [3.05, 3.63) is 46.5 Å². The third-order valence-corrected chi connectivity index (χ3v) is 2.86. The Hall–Kier alpha value is -2.56. The molecule has 0 aliphatic heterocycles. The van der Waals surface area contributed by atoms with Gasteiger partial charge in [-0.25, -0.2) is 0 Å². The van der Waals surface area contributed by atoms with E-state index >= 15 is 0 Å². The molecular formula is C13H9NO4. The number of ether oxygens (including phenoxy) is 1. The second-order valence-corrected chi connectivity index (χ2v) is 3.89. The number of methoxy groups -OCH3 is 1. The molecule has 0 aliphatic carbocycles. The molecule has 5 heteroatoms. The molecule has 1 aromatic heterocycles. The van der Waals surface area contributed by atoms with Gasteiger partial charge in [0.2, 0.25) is 5.75 Å². The molecule has 0 bridgehead atoms. The highest BCUT2D eigenvalue weighted by atomic mass is 16.7. The molecule has 0 radical (unpaired) electrons. The van der Waals surface area contributed by atoms with Crippen molar-refractivity contribution in [2.24, 2.45) is 0 Å². The summed E-state index contributed by atoms with van der Waals surface area (Å²) in [7, 11) is 1.40. The van der Waals surface area contributed by atoms with E-state index in [1.807, 2.05) is 30.3 Å². The van der Waals surface area contributed by atoms with Crippen LogP contribution in [0.25, 0.3) is 21.7 Å². The van der Waals surface area contributed by atoms with Gasteiger partial charge in [-0.3, -0.25) is 10.1 Å². The first-order chi connectivity index (χ1) is 8.70. The highest BCUT2D eigenvalue weighted by Gasteiger charge is 2.25. The first kappa shape index (κ1) is 10.6. The van der Waals surface area contributed by atoms with E-state index in [2.05, 4.69) is 0 Å². The molecule has 0 unspecified atom stereocenters. The Morgan fingerprint density at radius 1 is 1.22 bits per heavy atom. The molecule has 0 spiro atoms. The highest BCUT2D eigenvalue weighted by molar-refractivity contribution is 6.00. The van der Waals surface area contributed by atoms with Crippen molar-refractivity contribution < 1.29 is 14.1 Å². The van der Waals surface area contributed by atoms with Crippen molar-refractivity contribution in [2.75, 3.05) is 7.11 Å². The van der Waals surface area contributed by atoms with Crippen LogP contribution in [0.4, 0.5) is 5.88 Å². The molecule has 3 rings (SSSR count). The molecule has 2 aromatic carbocycles. The zero-order chi connectivity index (χ0) is 12.7. The molecule has 0 fully saturated rings. The van der Waals surface area contributed by atoms with Crippen LogP contribution in [0.3, 0.4) is 0 Å². The first-order valence-corrected chi connectivity index (χ1v) is 5.34. The van der Waals surface area contributed by atoms with Crippen LogP contribution >= 0.6 is 0 Å². The summed E-state index contributed by atoms with van der Waals surface area (Å²) in [4.78, 5) is 10.3. The van der Waals surface area contributed by atoms with Gasteiger partial charge in [0.05, 0.1) is 12.5 Å². The Balaban J connectivity index is 2.43. The number of furan rings is 1. The molecule has 3 aromatic rings. The van der Waals surface area contributed by atoms with Crippen LogP contribution in [0.15, 0.2) is 40.8 Å². The maximum Gasteiger partial charge on any atom is 0.476 e. The summed E-state index contributed by atoms with van der Waals surface area (Å²) in [5, 5.41) is 13.4. The summed E-state index contributed by atoms with van der Waals surface area (Å²) in [5.41, 5.74) is 0.456. The van der Waals surface area contributed by atoms with E-state index in [9.17, 15) is 10.1 Å². The predicted molar refractivity (Wildman–Crippen MR) is 66.9 cm³/mol. The lowest BCUT2D eigenvalue weighted by molar-refractivity contribution is -0.402. The molecule has 5 nitrogen and oxygen atoms in total. The number of rotatable bonds is 2. The fourth-order valence-corrected chi connectivity index (χ4v) is 2.06. The van der Waals surface area contributed by atoms with Crippen LogP contribution in [0.2, 0.25) is 0 Å². The largest absolute Gasteiger partial charge is 0.487 e. The van der Waals surface area contributed by atoms with Crippen LogP contribution in [0.1, 0.15) is 0 Å². The fraction of sp³-hybridized carbons (Fsp3) is 0.0769. The van der Waals surface area contributed by atoms with Gasteiger partial charge in [-0.2, -0.15) is 0 Å². The van der Waals surface area contributed by atoms with Crippen molar-refractivity contribution in [3.8, 4) is 5.75 Å². The van der Waals surface area contributed by atoms with Gasteiger partial charge < -0.3 is 9.15 Å². The molecule has 0 saturated carbocycles. The van der Waals surface area contributed by atoms with E-state index in [4.69, 9.17) is 9.15 Å². The lowest BCUT2D eigenvalue weighted by Gasteiger charge is -1.97. The summed E-state index contributed by atoms with van der Waals surface area (Å²) < 4.78 is 10.3. The minimum absolute atomic E-state index is 0.167. The second-order valence-electron chi connectivity index (χ2n) is 3.89. The summed E-state index contributed by atoms with van der Waals surface area (Å²) in [6.07, 6.45) is 0. The maximum absolute atomic E-state index is 10.9. The number of benzene rings is 2. The third-order valence-electron chi connectivity index (χ3n) is 2.86. The van der Waals surface area contributed by atoms with E-state index in [1.54, 1.807) is 6.07 Å². The normalized spacial score (nSPS) is 10.9. The fourth-order valence-electron chi connectivity index (χ4n) is 2.06. The Kier molecular flexibility index (Phi) is 2.19. The van der Waals surface area contributed by atoms with Gasteiger partial charge in [-0.1, -0.05) is 24.3 Å². The highest BCUT2D eigenvalue weighted by Crippen LogP contribution is 2.40. The van der Waals surface area contributed by atoms with E-state index < -0.39 is 4.92 Å². The maximum atomic E-state index is 10.9. The Bertz CT molecular complexity index is 760. The zero-order valence-electron chi connectivity index (χ0n) is 9.54. The minimum atomic E-state index is -0.580. The molecular weight excluding hydrogens is 234 g/mol. The molecule has 90 valence electrons. The summed E-state index contributed by atoms with van der Waals surface area (Å²) in [5.74, 6) is -0.191. The molecule has 0 saturated heterocycles. The Morgan fingerprint density at radius 2 is 1.89 bits per heavy atom. The van der Waals surface area contributed by atoms with E-state index in [-0.39, 0.29) is 11.6 Å². The molecule has 0 aliphatic rings. The van der Waals surface area contributed by atoms with E-state index in [0.717, 1.165) is 10.8 Å². The topological polar surface area (TPSA) is 65.5 Å². The van der Waals surface area contributed by atoms with Gasteiger partial charge in [0.15, 0.2) is 0 Å². The van der Waals surface area contributed by atoms with Crippen LogP contribution < -0.4 is 4.74 Å². The zero-order valence-corrected chi connectivity index (χ0v) is 9.54. The lowest BCUT2D eigenvalue weighted by Crippen LogP contribution is -1.89. The van der Waals surface area contributed by atoms with Gasteiger partial charge in [-0.15, -0.1) is 0 Å². The molecule has 0 atom stereocenters. The number of fused-ring (bicyclic) bond motifs is 2. The van der Waals surface area contributed by atoms with Crippen LogP contribution in [-0.4, -0.2) is 12.0 Å². The van der Waals surface area contributed by atoms with Crippen LogP contribution in [-0.2, 0) is 0 Å². The van der Waals surface area contributed by atoms with E-state index in [1.165, 1.54) is 7.11 Å². The summed E-state index contributed by atoms with van der Waals surface area (Å²) >= 11 is 0. The van der Waals surface area contributed by atoms with Crippen molar-refractivity contribution in [2.45, 2.75) is 0 Å². The molecule has 1 heterocycles. The monoisotopic (exact) mass is 243 g/mol. The summed E-state index contributed by atoms with van der Waals surface area (Å²) in [6, 6.07) is 11.3. The average Bonchev–Trinajstić information content (AvgIpc) is 2.73. The Morgan fingerprint density at radius 3 is 2.50 bits per heavy atom.